The number of aryl methyl sites for hydroxylation is 1. The van der Waals surface area contributed by atoms with Gasteiger partial charge in [-0.2, -0.15) is 0 Å². The Bertz CT molecular complexity index is 461. The first-order chi connectivity index (χ1) is 8.82. The number of primary amides is 1. The molecule has 1 aromatic rings. The lowest BCUT2D eigenvalue weighted by Crippen LogP contribution is -2.43. The first-order valence-corrected chi connectivity index (χ1v) is 10.8. The molecule has 0 heterocycles. The lowest BCUT2D eigenvalue weighted by atomic mass is 9.94. The molecule has 1 amide bonds. The van der Waals surface area contributed by atoms with E-state index in [2.05, 4.69) is 45.6 Å². The molecule has 3 heteroatoms. The van der Waals surface area contributed by atoms with Crippen molar-refractivity contribution in [3.8, 4) is 0 Å². The number of carbonyl (C=O) groups excluding carboxylic acids is 1. The lowest BCUT2D eigenvalue weighted by molar-refractivity contribution is 0.1000. The molecule has 2 N–H and O–H groups in total. The largest absolute Gasteiger partial charge is 0.366 e. The number of hydrogen-bond donors (Lipinski definition) is 1. The number of rotatable bonds is 6. The maximum Gasteiger partial charge on any atom is 0.248 e. The van der Waals surface area contributed by atoms with Crippen LogP contribution in [0.4, 0.5) is 0 Å². The molecule has 0 unspecified atom stereocenters. The molecule has 0 aliphatic heterocycles. The fourth-order valence-electron chi connectivity index (χ4n) is 2.64. The van der Waals surface area contributed by atoms with Crippen molar-refractivity contribution in [1.29, 1.82) is 0 Å². The predicted octanol–water partition coefficient (Wildman–Crippen LogP) is 3.24. The monoisotopic (exact) mass is 277 g/mol. The molecule has 19 heavy (non-hydrogen) atoms. The molecule has 0 atom stereocenters. The normalized spacial score (nSPS) is 11.6. The van der Waals surface area contributed by atoms with Gasteiger partial charge in [0.1, 0.15) is 0 Å². The zero-order valence-electron chi connectivity index (χ0n) is 13.0. The molecule has 0 aromatic heterocycles. The average molecular weight is 277 g/mol. The Morgan fingerprint density at radius 1 is 1.11 bits per heavy atom. The van der Waals surface area contributed by atoms with Crippen LogP contribution in [0.1, 0.15) is 48.2 Å². The van der Waals surface area contributed by atoms with Crippen LogP contribution in [0.2, 0.25) is 19.6 Å². The third-order valence-electron chi connectivity index (χ3n) is 3.48. The quantitative estimate of drug-likeness (QED) is 0.797. The maximum absolute atomic E-state index is 12.0. The highest BCUT2D eigenvalue weighted by Crippen LogP contribution is 2.20. The molecule has 0 fully saturated rings. The Hall–Kier alpha value is -1.09. The molecule has 0 saturated carbocycles. The smallest absolute Gasteiger partial charge is 0.248 e. The average Bonchev–Trinajstić information content (AvgIpc) is 2.29. The molecule has 0 aliphatic rings. The van der Waals surface area contributed by atoms with E-state index in [9.17, 15) is 4.79 Å². The van der Waals surface area contributed by atoms with Gasteiger partial charge in [0.05, 0.1) is 8.07 Å². The van der Waals surface area contributed by atoms with Crippen LogP contribution in [0, 0.1) is 0 Å². The minimum absolute atomic E-state index is 0.251. The highest BCUT2D eigenvalue weighted by molar-refractivity contribution is 6.89. The van der Waals surface area contributed by atoms with Crippen molar-refractivity contribution in [2.45, 2.75) is 59.2 Å². The fourth-order valence-corrected chi connectivity index (χ4v) is 4.24. The molecule has 2 nitrogen and oxygen atoms in total. The van der Waals surface area contributed by atoms with E-state index in [-0.39, 0.29) is 5.91 Å². The van der Waals surface area contributed by atoms with E-state index in [0.717, 1.165) is 31.2 Å². The van der Waals surface area contributed by atoms with Crippen molar-refractivity contribution < 1.29 is 4.79 Å². The van der Waals surface area contributed by atoms with Crippen molar-refractivity contribution in [2.24, 2.45) is 5.73 Å². The van der Waals surface area contributed by atoms with Gasteiger partial charge in [-0.15, -0.1) is 0 Å². The van der Waals surface area contributed by atoms with Crippen LogP contribution in [0.25, 0.3) is 0 Å². The van der Waals surface area contributed by atoms with Crippen LogP contribution in [0.3, 0.4) is 0 Å². The zero-order chi connectivity index (χ0) is 14.6. The summed E-state index contributed by atoms with van der Waals surface area (Å²) in [5.41, 5.74) is 9.03. The van der Waals surface area contributed by atoms with Gasteiger partial charge < -0.3 is 5.73 Å². The van der Waals surface area contributed by atoms with E-state index in [4.69, 9.17) is 5.73 Å². The third-order valence-corrected chi connectivity index (χ3v) is 5.52. The molecule has 0 spiro atoms. The number of nitrogens with two attached hydrogens (primary N) is 1. The molecule has 0 radical (unpaired) electrons. The topological polar surface area (TPSA) is 43.1 Å². The summed E-state index contributed by atoms with van der Waals surface area (Å²) >= 11 is 0. The van der Waals surface area contributed by atoms with Gasteiger partial charge in [0, 0.05) is 5.56 Å². The van der Waals surface area contributed by atoms with E-state index >= 15 is 0 Å². The molecule has 0 aliphatic carbocycles. The molecular weight excluding hydrogens is 250 g/mol. The molecule has 0 bridgehead atoms. The summed E-state index contributed by atoms with van der Waals surface area (Å²) in [6.07, 6.45) is 4.13. The van der Waals surface area contributed by atoms with Gasteiger partial charge in [-0.25, -0.2) is 0 Å². The van der Waals surface area contributed by atoms with Crippen LogP contribution >= 0.6 is 0 Å². The molecule has 1 aromatic carbocycles. The Balaban J connectivity index is 3.53. The van der Waals surface area contributed by atoms with E-state index in [0.29, 0.717) is 0 Å². The minimum Gasteiger partial charge on any atom is -0.366 e. The second kappa shape index (κ2) is 6.37. The summed E-state index contributed by atoms with van der Waals surface area (Å²) in [5, 5.41) is 1.21. The second-order valence-electron chi connectivity index (χ2n) is 6.24. The predicted molar refractivity (Wildman–Crippen MR) is 85.9 cm³/mol. The standard InChI is InChI=1S/C16H27NOSi/c1-6-8-12-10-11-14(19(3,4)5)15(16(17)18)13(12)9-7-2/h10-11H,6-9H2,1-5H3,(H2,17,18). The Morgan fingerprint density at radius 2 is 1.68 bits per heavy atom. The van der Waals surface area contributed by atoms with E-state index in [1.807, 2.05) is 0 Å². The summed E-state index contributed by atoms with van der Waals surface area (Å²) in [6, 6.07) is 4.37. The van der Waals surface area contributed by atoms with Crippen LogP contribution in [0.15, 0.2) is 12.1 Å². The summed E-state index contributed by atoms with van der Waals surface area (Å²) < 4.78 is 0. The number of carbonyl (C=O) groups is 1. The van der Waals surface area contributed by atoms with Gasteiger partial charge in [0.25, 0.3) is 0 Å². The van der Waals surface area contributed by atoms with Gasteiger partial charge >= 0.3 is 0 Å². The second-order valence-corrected chi connectivity index (χ2v) is 11.3. The van der Waals surface area contributed by atoms with Crippen LogP contribution in [-0.2, 0) is 12.8 Å². The highest BCUT2D eigenvalue weighted by Gasteiger charge is 2.25. The Morgan fingerprint density at radius 3 is 2.11 bits per heavy atom. The van der Waals surface area contributed by atoms with Crippen molar-refractivity contribution >= 4 is 19.2 Å². The van der Waals surface area contributed by atoms with Crippen LogP contribution in [0.5, 0.6) is 0 Å². The zero-order valence-corrected chi connectivity index (χ0v) is 14.0. The van der Waals surface area contributed by atoms with Crippen molar-refractivity contribution in [2.75, 3.05) is 0 Å². The molecule has 106 valence electrons. The first-order valence-electron chi connectivity index (χ1n) is 7.27. The lowest BCUT2D eigenvalue weighted by Gasteiger charge is -2.24. The summed E-state index contributed by atoms with van der Waals surface area (Å²) in [6.45, 7) is 11.1. The molecule has 1 rings (SSSR count). The summed E-state index contributed by atoms with van der Waals surface area (Å²) in [4.78, 5) is 12.0. The number of amides is 1. The summed E-state index contributed by atoms with van der Waals surface area (Å²) in [5.74, 6) is -0.251. The summed E-state index contributed by atoms with van der Waals surface area (Å²) in [7, 11) is -1.55. The molecular formula is C16H27NOSi. The van der Waals surface area contributed by atoms with Crippen molar-refractivity contribution in [3.05, 3.63) is 28.8 Å². The van der Waals surface area contributed by atoms with Gasteiger partial charge in [0.15, 0.2) is 0 Å². The molecule has 0 saturated heterocycles. The first kappa shape index (κ1) is 16.0. The van der Waals surface area contributed by atoms with Crippen LogP contribution in [-0.4, -0.2) is 14.0 Å². The van der Waals surface area contributed by atoms with Crippen LogP contribution < -0.4 is 10.9 Å². The van der Waals surface area contributed by atoms with Gasteiger partial charge in [-0.1, -0.05) is 58.5 Å². The van der Waals surface area contributed by atoms with Crippen molar-refractivity contribution in [1.82, 2.24) is 0 Å². The van der Waals surface area contributed by atoms with E-state index < -0.39 is 8.07 Å². The van der Waals surface area contributed by atoms with Crippen molar-refractivity contribution in [3.63, 3.8) is 0 Å². The highest BCUT2D eigenvalue weighted by atomic mass is 28.3. The van der Waals surface area contributed by atoms with Gasteiger partial charge in [-0.3, -0.25) is 4.79 Å². The maximum atomic E-state index is 12.0. The Kier molecular flexibility index (Phi) is 5.35. The minimum atomic E-state index is -1.55. The van der Waals surface area contributed by atoms with Gasteiger partial charge in [-0.05, 0) is 29.2 Å². The van der Waals surface area contributed by atoms with E-state index in [1.165, 1.54) is 16.3 Å². The number of hydrogen-bond acceptors (Lipinski definition) is 1. The number of benzene rings is 1. The third kappa shape index (κ3) is 3.69. The Labute approximate surface area is 118 Å². The fraction of sp³-hybridized carbons (Fsp3) is 0.562. The SMILES string of the molecule is CCCc1ccc([Si](C)(C)C)c(C(N)=O)c1CCC. The van der Waals surface area contributed by atoms with E-state index in [1.54, 1.807) is 0 Å². The van der Waals surface area contributed by atoms with Gasteiger partial charge in [0.2, 0.25) is 5.91 Å².